The van der Waals surface area contributed by atoms with Gasteiger partial charge in [-0.15, -0.1) is 24.0 Å². The molecule has 0 aliphatic rings. The van der Waals surface area contributed by atoms with Gasteiger partial charge in [0.1, 0.15) is 5.82 Å². The topological polar surface area (TPSA) is 65.5 Å². The summed E-state index contributed by atoms with van der Waals surface area (Å²) in [6.07, 6.45) is 0.737. The lowest BCUT2D eigenvalue weighted by atomic mass is 10.1. The first kappa shape index (κ1) is 24.4. The Balaban J connectivity index is 0.00000392. The van der Waals surface area contributed by atoms with Crippen molar-refractivity contribution < 1.29 is 9.18 Å². The van der Waals surface area contributed by atoms with E-state index in [9.17, 15) is 9.18 Å². The largest absolute Gasteiger partial charge is 0.357 e. The molecular formula is C20H25BrFIN4O. The average Bonchev–Trinajstić information content (AvgIpc) is 2.68. The summed E-state index contributed by atoms with van der Waals surface area (Å²) in [6, 6.07) is 12.3. The molecule has 2 aromatic rings. The molecule has 0 bridgehead atoms. The first-order chi connectivity index (χ1) is 13.0. The van der Waals surface area contributed by atoms with Gasteiger partial charge in [0.2, 0.25) is 0 Å². The zero-order chi connectivity index (χ0) is 19.6. The van der Waals surface area contributed by atoms with Gasteiger partial charge in [0.15, 0.2) is 5.96 Å². The van der Waals surface area contributed by atoms with E-state index in [0.29, 0.717) is 30.2 Å². The van der Waals surface area contributed by atoms with Crippen LogP contribution in [0, 0.1) is 5.82 Å². The summed E-state index contributed by atoms with van der Waals surface area (Å²) < 4.78 is 14.7. The molecule has 0 saturated carbocycles. The predicted octanol–water partition coefficient (Wildman–Crippen LogP) is 3.86. The second kappa shape index (κ2) is 12.7. The van der Waals surface area contributed by atoms with Gasteiger partial charge in [0, 0.05) is 35.7 Å². The normalized spacial score (nSPS) is 10.8. The van der Waals surface area contributed by atoms with Crippen LogP contribution in [0.2, 0.25) is 0 Å². The molecule has 0 aromatic heterocycles. The second-order valence-electron chi connectivity index (χ2n) is 5.89. The number of benzene rings is 2. The van der Waals surface area contributed by atoms with Gasteiger partial charge < -0.3 is 16.0 Å². The molecule has 0 unspecified atom stereocenters. The number of carbonyl (C=O) groups excluding carboxylic acids is 1. The molecule has 0 aliphatic carbocycles. The van der Waals surface area contributed by atoms with E-state index >= 15 is 0 Å². The van der Waals surface area contributed by atoms with Crippen LogP contribution in [-0.2, 0) is 13.0 Å². The smallest absolute Gasteiger partial charge is 0.251 e. The Morgan fingerprint density at radius 3 is 2.68 bits per heavy atom. The SMILES string of the molecule is CCNC(=NCc1cc(Br)ccc1F)NCCc1cccc(C(=O)NC)c1.I. The van der Waals surface area contributed by atoms with E-state index < -0.39 is 0 Å². The number of rotatable bonds is 7. The molecule has 0 spiro atoms. The van der Waals surface area contributed by atoms with Crippen molar-refractivity contribution in [3.8, 4) is 0 Å². The maximum absolute atomic E-state index is 13.8. The van der Waals surface area contributed by atoms with Crippen LogP contribution in [0.15, 0.2) is 51.9 Å². The summed E-state index contributed by atoms with van der Waals surface area (Å²) in [5.41, 5.74) is 2.22. The summed E-state index contributed by atoms with van der Waals surface area (Å²) in [7, 11) is 1.61. The summed E-state index contributed by atoms with van der Waals surface area (Å²) >= 11 is 3.35. The minimum Gasteiger partial charge on any atom is -0.357 e. The predicted molar refractivity (Wildman–Crippen MR) is 126 cm³/mol. The van der Waals surface area contributed by atoms with Gasteiger partial charge in [-0.2, -0.15) is 0 Å². The van der Waals surface area contributed by atoms with Crippen molar-refractivity contribution in [1.82, 2.24) is 16.0 Å². The molecule has 28 heavy (non-hydrogen) atoms. The van der Waals surface area contributed by atoms with Crippen molar-refractivity contribution in [2.75, 3.05) is 20.1 Å². The molecule has 1 amide bonds. The molecule has 0 fully saturated rings. The molecule has 3 N–H and O–H groups in total. The van der Waals surface area contributed by atoms with E-state index in [-0.39, 0.29) is 42.2 Å². The fraction of sp³-hybridized carbons (Fsp3) is 0.300. The fourth-order valence-electron chi connectivity index (χ4n) is 2.51. The third-order valence-corrected chi connectivity index (χ3v) is 4.38. The number of aliphatic imine (C=N–C) groups is 1. The van der Waals surface area contributed by atoms with Gasteiger partial charge >= 0.3 is 0 Å². The minimum atomic E-state index is -0.274. The quantitative estimate of drug-likeness (QED) is 0.273. The van der Waals surface area contributed by atoms with Gasteiger partial charge in [0.25, 0.3) is 5.91 Å². The van der Waals surface area contributed by atoms with Gasteiger partial charge in [-0.05, 0) is 49.2 Å². The summed E-state index contributed by atoms with van der Waals surface area (Å²) in [6.45, 7) is 3.57. The van der Waals surface area contributed by atoms with Gasteiger partial charge in [0.05, 0.1) is 6.54 Å². The zero-order valence-electron chi connectivity index (χ0n) is 15.9. The minimum absolute atomic E-state index is 0. The van der Waals surface area contributed by atoms with Gasteiger partial charge in [-0.3, -0.25) is 4.79 Å². The van der Waals surface area contributed by atoms with Crippen molar-refractivity contribution >= 4 is 51.8 Å². The van der Waals surface area contributed by atoms with Crippen molar-refractivity contribution in [2.45, 2.75) is 19.9 Å². The number of guanidine groups is 1. The first-order valence-electron chi connectivity index (χ1n) is 8.80. The Bertz CT molecular complexity index is 817. The number of nitrogens with zero attached hydrogens (tertiary/aromatic N) is 1. The highest BCUT2D eigenvalue weighted by Gasteiger charge is 2.05. The Hall–Kier alpha value is -1.68. The van der Waals surface area contributed by atoms with Crippen LogP contribution in [0.5, 0.6) is 0 Å². The van der Waals surface area contributed by atoms with E-state index in [2.05, 4.69) is 36.9 Å². The summed E-state index contributed by atoms with van der Waals surface area (Å²) in [5, 5.41) is 9.02. The van der Waals surface area contributed by atoms with Gasteiger partial charge in [-0.25, -0.2) is 9.38 Å². The third-order valence-electron chi connectivity index (χ3n) is 3.88. The molecule has 0 radical (unpaired) electrons. The van der Waals surface area contributed by atoms with Crippen LogP contribution in [0.1, 0.15) is 28.4 Å². The molecule has 0 heterocycles. The van der Waals surface area contributed by atoms with Crippen LogP contribution < -0.4 is 16.0 Å². The highest BCUT2D eigenvalue weighted by Crippen LogP contribution is 2.16. The molecule has 0 atom stereocenters. The van der Waals surface area contributed by atoms with Crippen molar-refractivity contribution in [2.24, 2.45) is 4.99 Å². The van der Waals surface area contributed by atoms with Gasteiger partial charge in [-0.1, -0.05) is 28.1 Å². The highest BCUT2D eigenvalue weighted by atomic mass is 127. The van der Waals surface area contributed by atoms with Crippen LogP contribution in [0.4, 0.5) is 4.39 Å². The van der Waals surface area contributed by atoms with Crippen LogP contribution >= 0.6 is 39.9 Å². The fourth-order valence-corrected chi connectivity index (χ4v) is 2.92. The second-order valence-corrected chi connectivity index (χ2v) is 6.80. The number of hydrogen-bond donors (Lipinski definition) is 3. The Kier molecular flexibility index (Phi) is 11.1. The highest BCUT2D eigenvalue weighted by molar-refractivity contribution is 14.0. The number of hydrogen-bond acceptors (Lipinski definition) is 2. The number of nitrogens with one attached hydrogen (secondary N) is 3. The maximum Gasteiger partial charge on any atom is 0.251 e. The Morgan fingerprint density at radius 2 is 1.96 bits per heavy atom. The summed E-state index contributed by atoms with van der Waals surface area (Å²) in [4.78, 5) is 16.2. The lowest BCUT2D eigenvalue weighted by molar-refractivity contribution is 0.0963. The Morgan fingerprint density at radius 1 is 1.18 bits per heavy atom. The van der Waals surface area contributed by atoms with E-state index in [1.807, 2.05) is 25.1 Å². The van der Waals surface area contributed by atoms with Crippen molar-refractivity contribution in [1.29, 1.82) is 0 Å². The molecule has 5 nitrogen and oxygen atoms in total. The van der Waals surface area contributed by atoms with E-state index in [4.69, 9.17) is 0 Å². The third kappa shape index (κ3) is 7.75. The van der Waals surface area contributed by atoms with E-state index in [0.717, 1.165) is 16.5 Å². The van der Waals surface area contributed by atoms with E-state index in [1.54, 1.807) is 25.2 Å². The average molecular weight is 563 g/mol. The molecule has 8 heteroatoms. The molecule has 152 valence electrons. The Labute approximate surface area is 190 Å². The first-order valence-corrected chi connectivity index (χ1v) is 9.60. The molecule has 0 saturated heterocycles. The molecular weight excluding hydrogens is 538 g/mol. The van der Waals surface area contributed by atoms with Crippen molar-refractivity contribution in [3.63, 3.8) is 0 Å². The van der Waals surface area contributed by atoms with Crippen LogP contribution in [0.3, 0.4) is 0 Å². The monoisotopic (exact) mass is 562 g/mol. The lowest BCUT2D eigenvalue weighted by Gasteiger charge is -2.12. The lowest BCUT2D eigenvalue weighted by Crippen LogP contribution is -2.38. The van der Waals surface area contributed by atoms with E-state index in [1.165, 1.54) is 6.07 Å². The molecule has 2 aromatic carbocycles. The van der Waals surface area contributed by atoms with Crippen LogP contribution in [0.25, 0.3) is 0 Å². The standard InChI is InChI=1S/C20H24BrFN4O.HI/c1-3-24-20(26-13-16-12-17(21)7-8-18(16)22)25-10-9-14-5-4-6-15(11-14)19(27)23-2;/h4-8,11-12H,3,9-10,13H2,1-2H3,(H,23,27)(H2,24,25,26);1H. The number of amides is 1. The van der Waals surface area contributed by atoms with Crippen molar-refractivity contribution in [3.05, 3.63) is 69.4 Å². The molecule has 2 rings (SSSR count). The molecule has 0 aliphatic heterocycles. The maximum atomic E-state index is 13.8. The number of halogens is 3. The zero-order valence-corrected chi connectivity index (χ0v) is 19.8. The van der Waals surface area contributed by atoms with Crippen LogP contribution in [-0.4, -0.2) is 32.0 Å². The summed E-state index contributed by atoms with van der Waals surface area (Å²) in [5.74, 6) is 0.249. The number of carbonyl (C=O) groups is 1.